The third kappa shape index (κ3) is 4.52. The average Bonchev–Trinajstić information content (AvgIpc) is 2.62. The lowest BCUT2D eigenvalue weighted by Gasteiger charge is -2.15. The minimum atomic E-state index is -4.94. The predicted octanol–water partition coefficient (Wildman–Crippen LogP) is 4.03. The van der Waals surface area contributed by atoms with Crippen LogP contribution in [0.5, 0.6) is 5.88 Å². The first kappa shape index (κ1) is 18.6. The van der Waals surface area contributed by atoms with E-state index in [0.717, 1.165) is 17.0 Å². The minimum Gasteiger partial charge on any atom is -0.472 e. The maximum absolute atomic E-state index is 13.4. The fourth-order valence-electron chi connectivity index (χ4n) is 2.50. The molecule has 140 valence electrons. The lowest BCUT2D eigenvalue weighted by Crippen LogP contribution is -2.30. The molecule has 4 nitrogen and oxygen atoms in total. The number of nitrogens with zero attached hydrogens (tertiary/aromatic N) is 2. The zero-order chi connectivity index (χ0) is 19.4. The topological polar surface area (TPSA) is 44.1 Å². The Morgan fingerprint density at radius 3 is 2.37 bits per heavy atom. The van der Waals surface area contributed by atoms with Crippen LogP contribution in [0.4, 0.5) is 17.6 Å². The second-order valence-corrected chi connectivity index (χ2v) is 5.76. The Balaban J connectivity index is 1.93. The molecule has 0 N–H and O–H groups in total. The van der Waals surface area contributed by atoms with Crippen LogP contribution >= 0.6 is 0 Å². The maximum atomic E-state index is 13.4. The van der Waals surface area contributed by atoms with Gasteiger partial charge in [0.2, 0.25) is 5.88 Å². The molecule has 0 bridgehead atoms. The number of hydrogen-bond acceptors (Lipinski definition) is 3. The number of hydrogen-bond donors (Lipinski definition) is 0. The molecule has 0 saturated carbocycles. The standard InChI is InChI=1S/C19H14F4N2O2/c20-15-8-4-7-14(9-15)10-25-12-24-17(16(18(25)26)19(21,22)23)27-11-13-5-2-1-3-6-13/h1-9,12H,10-11H2. The first-order valence-electron chi connectivity index (χ1n) is 7.92. The highest BCUT2D eigenvalue weighted by Gasteiger charge is 2.39. The SMILES string of the molecule is O=c1c(C(F)(F)F)c(OCc2ccccc2)ncn1Cc1cccc(F)c1. The van der Waals surface area contributed by atoms with Crippen molar-refractivity contribution in [2.45, 2.75) is 19.3 Å². The van der Waals surface area contributed by atoms with Crippen LogP contribution < -0.4 is 10.3 Å². The van der Waals surface area contributed by atoms with Gasteiger partial charge in [0.1, 0.15) is 18.8 Å². The molecule has 3 aromatic rings. The molecule has 0 radical (unpaired) electrons. The highest BCUT2D eigenvalue weighted by molar-refractivity contribution is 5.27. The summed E-state index contributed by atoms with van der Waals surface area (Å²) in [6.07, 6.45) is -3.98. The van der Waals surface area contributed by atoms with Crippen molar-refractivity contribution in [3.63, 3.8) is 0 Å². The zero-order valence-electron chi connectivity index (χ0n) is 13.9. The van der Waals surface area contributed by atoms with Gasteiger partial charge in [0.05, 0.1) is 6.54 Å². The normalized spacial score (nSPS) is 11.4. The lowest BCUT2D eigenvalue weighted by atomic mass is 10.2. The van der Waals surface area contributed by atoms with Crippen molar-refractivity contribution in [3.05, 3.63) is 93.8 Å². The van der Waals surface area contributed by atoms with Gasteiger partial charge < -0.3 is 4.74 Å². The van der Waals surface area contributed by atoms with Gasteiger partial charge in [0, 0.05) is 0 Å². The van der Waals surface area contributed by atoms with E-state index in [-0.39, 0.29) is 13.2 Å². The molecule has 0 spiro atoms. The van der Waals surface area contributed by atoms with Crippen LogP contribution in [0.25, 0.3) is 0 Å². The molecule has 0 atom stereocenters. The minimum absolute atomic E-state index is 0.162. The number of ether oxygens (including phenoxy) is 1. The molecule has 0 aliphatic carbocycles. The van der Waals surface area contributed by atoms with E-state index in [1.54, 1.807) is 30.3 Å². The Morgan fingerprint density at radius 2 is 1.70 bits per heavy atom. The number of benzene rings is 2. The van der Waals surface area contributed by atoms with Gasteiger partial charge in [-0.15, -0.1) is 0 Å². The van der Waals surface area contributed by atoms with Gasteiger partial charge in [0.15, 0.2) is 5.56 Å². The van der Waals surface area contributed by atoms with Crippen LogP contribution in [0.2, 0.25) is 0 Å². The van der Waals surface area contributed by atoms with E-state index >= 15 is 0 Å². The summed E-state index contributed by atoms with van der Waals surface area (Å²) >= 11 is 0. The van der Waals surface area contributed by atoms with E-state index in [2.05, 4.69) is 4.98 Å². The van der Waals surface area contributed by atoms with Crippen molar-refractivity contribution in [3.8, 4) is 5.88 Å². The van der Waals surface area contributed by atoms with Crippen molar-refractivity contribution in [1.82, 2.24) is 9.55 Å². The molecule has 1 aromatic heterocycles. The van der Waals surface area contributed by atoms with Crippen molar-refractivity contribution >= 4 is 0 Å². The maximum Gasteiger partial charge on any atom is 0.426 e. The van der Waals surface area contributed by atoms with Crippen LogP contribution in [-0.2, 0) is 19.3 Å². The summed E-state index contributed by atoms with van der Waals surface area (Å²) in [5, 5.41) is 0. The summed E-state index contributed by atoms with van der Waals surface area (Å²) in [5.74, 6) is -1.33. The highest BCUT2D eigenvalue weighted by Crippen LogP contribution is 2.32. The molecule has 2 aromatic carbocycles. The Morgan fingerprint density at radius 1 is 1.00 bits per heavy atom. The van der Waals surface area contributed by atoms with Crippen LogP contribution in [0.1, 0.15) is 16.7 Å². The van der Waals surface area contributed by atoms with Gasteiger partial charge in [-0.1, -0.05) is 42.5 Å². The molecule has 0 fully saturated rings. The lowest BCUT2D eigenvalue weighted by molar-refractivity contribution is -0.140. The van der Waals surface area contributed by atoms with Crippen LogP contribution in [0.3, 0.4) is 0 Å². The Bertz CT molecular complexity index is 985. The molecule has 8 heteroatoms. The molecule has 0 saturated heterocycles. The molecule has 0 aliphatic heterocycles. The predicted molar refractivity (Wildman–Crippen MR) is 89.8 cm³/mol. The number of halogens is 4. The quantitative estimate of drug-likeness (QED) is 0.630. The summed E-state index contributed by atoms with van der Waals surface area (Å²) in [4.78, 5) is 16.0. The summed E-state index contributed by atoms with van der Waals surface area (Å²) < 4.78 is 59.5. The number of alkyl halides is 3. The molecule has 0 unspecified atom stereocenters. The number of rotatable bonds is 5. The van der Waals surface area contributed by atoms with Gasteiger partial charge in [-0.2, -0.15) is 13.2 Å². The van der Waals surface area contributed by atoms with Gasteiger partial charge in [-0.25, -0.2) is 9.37 Å². The van der Waals surface area contributed by atoms with Crippen LogP contribution in [-0.4, -0.2) is 9.55 Å². The third-order valence-corrected chi connectivity index (χ3v) is 3.75. The van der Waals surface area contributed by atoms with E-state index in [1.165, 1.54) is 18.2 Å². The first-order chi connectivity index (χ1) is 12.8. The Labute approximate surface area is 151 Å². The highest BCUT2D eigenvalue weighted by atomic mass is 19.4. The van der Waals surface area contributed by atoms with Crippen molar-refractivity contribution in [1.29, 1.82) is 0 Å². The zero-order valence-corrected chi connectivity index (χ0v) is 13.9. The van der Waals surface area contributed by atoms with E-state index in [9.17, 15) is 22.4 Å². The van der Waals surface area contributed by atoms with E-state index < -0.39 is 29.0 Å². The van der Waals surface area contributed by atoms with Crippen molar-refractivity contribution in [2.24, 2.45) is 0 Å². The van der Waals surface area contributed by atoms with E-state index in [4.69, 9.17) is 4.74 Å². The van der Waals surface area contributed by atoms with Gasteiger partial charge in [-0.3, -0.25) is 9.36 Å². The molecular weight excluding hydrogens is 364 g/mol. The average molecular weight is 378 g/mol. The third-order valence-electron chi connectivity index (χ3n) is 3.75. The summed E-state index contributed by atoms with van der Waals surface area (Å²) in [6, 6.07) is 13.8. The van der Waals surface area contributed by atoms with Crippen LogP contribution in [0, 0.1) is 5.82 Å². The van der Waals surface area contributed by atoms with E-state index in [1.807, 2.05) is 0 Å². The monoisotopic (exact) mass is 378 g/mol. The summed E-state index contributed by atoms with van der Waals surface area (Å²) in [7, 11) is 0. The Kier molecular flexibility index (Phi) is 5.25. The van der Waals surface area contributed by atoms with Gasteiger partial charge in [0.25, 0.3) is 5.56 Å². The molecule has 27 heavy (non-hydrogen) atoms. The second-order valence-electron chi connectivity index (χ2n) is 5.76. The largest absolute Gasteiger partial charge is 0.472 e. The number of aromatic nitrogens is 2. The molecule has 3 rings (SSSR count). The molecule has 0 amide bonds. The van der Waals surface area contributed by atoms with Crippen LogP contribution in [0.15, 0.2) is 65.7 Å². The second kappa shape index (κ2) is 7.61. The summed E-state index contributed by atoms with van der Waals surface area (Å²) in [5.41, 5.74) is -1.82. The summed E-state index contributed by atoms with van der Waals surface area (Å²) in [6.45, 7) is -0.407. The van der Waals surface area contributed by atoms with E-state index in [0.29, 0.717) is 11.1 Å². The molecule has 0 aliphatic rings. The Hall–Kier alpha value is -3.16. The molecule has 1 heterocycles. The fraction of sp³-hybridized carbons (Fsp3) is 0.158. The van der Waals surface area contributed by atoms with Gasteiger partial charge >= 0.3 is 6.18 Å². The van der Waals surface area contributed by atoms with Crippen molar-refractivity contribution < 1.29 is 22.3 Å². The smallest absolute Gasteiger partial charge is 0.426 e. The van der Waals surface area contributed by atoms with Gasteiger partial charge in [-0.05, 0) is 23.3 Å². The van der Waals surface area contributed by atoms with Crippen molar-refractivity contribution in [2.75, 3.05) is 0 Å². The molecular formula is C19H14F4N2O2. The fourth-order valence-corrected chi connectivity index (χ4v) is 2.50. The first-order valence-corrected chi connectivity index (χ1v) is 7.92.